The Hall–Kier alpha value is -1.36. The summed E-state index contributed by atoms with van der Waals surface area (Å²) in [5.41, 5.74) is 1.04. The molecule has 2 aromatic rings. The summed E-state index contributed by atoms with van der Waals surface area (Å²) in [6, 6.07) is 11.2. The van der Waals surface area contributed by atoms with Gasteiger partial charge in [-0.1, -0.05) is 0 Å². The second kappa shape index (κ2) is 4.65. The van der Waals surface area contributed by atoms with Crippen LogP contribution in [0.25, 0.3) is 10.4 Å². The molecule has 2 rings (SSSR count). The molecule has 1 heterocycles. The minimum absolute atomic E-state index is 0.547. The summed E-state index contributed by atoms with van der Waals surface area (Å²) in [4.78, 5) is 1.55. The molecule has 0 unspecified atom stereocenters. The normalized spacial score (nSPS) is 10.8. The molecule has 0 fully saturated rings. The molecule has 0 aliphatic carbocycles. The number of hydrogen-bond acceptors (Lipinski definition) is 4. The van der Waals surface area contributed by atoms with Crippen LogP contribution in [0.1, 0.15) is 11.2 Å². The van der Waals surface area contributed by atoms with Gasteiger partial charge >= 0.3 is 0 Å². The molecule has 0 radical (unpaired) electrons. The third-order valence-electron chi connectivity index (χ3n) is 2.26. The van der Waals surface area contributed by atoms with Crippen LogP contribution >= 0.6 is 11.3 Å². The van der Waals surface area contributed by atoms with Crippen molar-refractivity contribution >= 4 is 11.3 Å². The van der Waals surface area contributed by atoms with Crippen molar-refractivity contribution in [3.05, 3.63) is 41.3 Å². The zero-order valence-electron chi connectivity index (χ0n) is 8.75. The van der Waals surface area contributed by atoms with Gasteiger partial charge in [-0.2, -0.15) is 0 Å². The summed E-state index contributed by atoms with van der Waals surface area (Å²) in [6.45, 7) is 0. The van der Waals surface area contributed by atoms with Gasteiger partial charge < -0.3 is 14.9 Å². The molecule has 2 N–H and O–H groups in total. The van der Waals surface area contributed by atoms with Gasteiger partial charge in [-0.25, -0.2) is 0 Å². The van der Waals surface area contributed by atoms with Gasteiger partial charge in [0.2, 0.25) is 0 Å². The maximum absolute atomic E-state index is 9.01. The zero-order chi connectivity index (χ0) is 11.5. The van der Waals surface area contributed by atoms with Crippen molar-refractivity contribution < 1.29 is 14.9 Å². The summed E-state index contributed by atoms with van der Waals surface area (Å²) < 4.78 is 5.07. The lowest BCUT2D eigenvalue weighted by atomic mass is 10.2. The Balaban J connectivity index is 2.28. The number of benzene rings is 1. The van der Waals surface area contributed by atoms with E-state index in [-0.39, 0.29) is 0 Å². The van der Waals surface area contributed by atoms with Gasteiger partial charge in [-0.15, -0.1) is 11.3 Å². The minimum atomic E-state index is -1.39. The molecule has 16 heavy (non-hydrogen) atoms. The highest BCUT2D eigenvalue weighted by Gasteiger charge is 2.07. The zero-order valence-corrected chi connectivity index (χ0v) is 9.57. The number of aliphatic hydroxyl groups is 2. The fourth-order valence-electron chi connectivity index (χ4n) is 1.40. The van der Waals surface area contributed by atoms with E-state index < -0.39 is 6.29 Å². The molecule has 1 aromatic heterocycles. The van der Waals surface area contributed by atoms with Crippen LogP contribution in [-0.4, -0.2) is 17.3 Å². The van der Waals surface area contributed by atoms with Crippen molar-refractivity contribution in [1.29, 1.82) is 0 Å². The molecule has 0 amide bonds. The lowest BCUT2D eigenvalue weighted by Crippen LogP contribution is -1.88. The number of methoxy groups -OCH3 is 1. The molecule has 84 valence electrons. The van der Waals surface area contributed by atoms with Crippen molar-refractivity contribution in [2.75, 3.05) is 7.11 Å². The summed E-state index contributed by atoms with van der Waals surface area (Å²) in [5.74, 6) is 0.808. The standard InChI is InChI=1S/C12H12O3S/c1-15-9-4-2-8(3-5-9)10-6-7-11(16-10)12(13)14/h2-7,12-14H,1H3. The van der Waals surface area contributed by atoms with Crippen LogP contribution in [0, 0.1) is 0 Å². The Morgan fingerprint density at radius 3 is 2.25 bits per heavy atom. The highest BCUT2D eigenvalue weighted by Crippen LogP contribution is 2.31. The van der Waals surface area contributed by atoms with E-state index in [1.54, 1.807) is 13.2 Å². The Labute approximate surface area is 97.6 Å². The first-order chi connectivity index (χ1) is 7.70. The Kier molecular flexibility index (Phi) is 3.24. The lowest BCUT2D eigenvalue weighted by molar-refractivity contribution is -0.0395. The monoisotopic (exact) mass is 236 g/mol. The Morgan fingerprint density at radius 1 is 1.06 bits per heavy atom. The molecule has 0 bridgehead atoms. The summed E-state index contributed by atoms with van der Waals surface area (Å²) in [7, 11) is 1.63. The fraction of sp³-hybridized carbons (Fsp3) is 0.167. The Morgan fingerprint density at radius 2 is 1.75 bits per heavy atom. The number of aliphatic hydroxyl groups excluding tert-OH is 1. The van der Waals surface area contributed by atoms with Gasteiger partial charge in [-0.3, -0.25) is 0 Å². The summed E-state index contributed by atoms with van der Waals surface area (Å²) in [6.07, 6.45) is -1.39. The molecule has 0 aliphatic heterocycles. The second-order valence-electron chi connectivity index (χ2n) is 3.30. The third-order valence-corrected chi connectivity index (χ3v) is 3.43. The van der Waals surface area contributed by atoms with E-state index in [1.807, 2.05) is 30.3 Å². The van der Waals surface area contributed by atoms with Crippen LogP contribution in [0.4, 0.5) is 0 Å². The maximum Gasteiger partial charge on any atom is 0.188 e. The van der Waals surface area contributed by atoms with Crippen molar-refractivity contribution in [2.24, 2.45) is 0 Å². The second-order valence-corrected chi connectivity index (χ2v) is 4.42. The van der Waals surface area contributed by atoms with E-state index in [4.69, 9.17) is 14.9 Å². The van der Waals surface area contributed by atoms with E-state index >= 15 is 0 Å². The molecule has 3 nitrogen and oxygen atoms in total. The van der Waals surface area contributed by atoms with Gasteiger partial charge in [0, 0.05) is 4.88 Å². The van der Waals surface area contributed by atoms with Crippen molar-refractivity contribution in [3.8, 4) is 16.2 Å². The lowest BCUT2D eigenvalue weighted by Gasteiger charge is -2.01. The average molecular weight is 236 g/mol. The van der Waals surface area contributed by atoms with E-state index in [1.165, 1.54) is 11.3 Å². The van der Waals surface area contributed by atoms with Gasteiger partial charge in [0.05, 0.1) is 12.0 Å². The van der Waals surface area contributed by atoms with Crippen molar-refractivity contribution in [3.63, 3.8) is 0 Å². The first kappa shape index (κ1) is 11.1. The molecule has 0 saturated carbocycles. The molecule has 0 atom stereocenters. The third kappa shape index (κ3) is 2.24. The predicted molar refractivity (Wildman–Crippen MR) is 63.5 cm³/mol. The Bertz CT molecular complexity index is 459. The topological polar surface area (TPSA) is 49.7 Å². The van der Waals surface area contributed by atoms with Crippen LogP contribution in [0.2, 0.25) is 0 Å². The first-order valence-electron chi connectivity index (χ1n) is 4.81. The van der Waals surface area contributed by atoms with E-state index in [0.717, 1.165) is 16.2 Å². The van der Waals surface area contributed by atoms with Gasteiger partial charge in [0.1, 0.15) is 5.75 Å². The van der Waals surface area contributed by atoms with Crippen LogP contribution in [0.5, 0.6) is 5.75 Å². The van der Waals surface area contributed by atoms with Crippen molar-refractivity contribution in [1.82, 2.24) is 0 Å². The SMILES string of the molecule is COc1ccc(-c2ccc(C(O)O)s2)cc1. The highest BCUT2D eigenvalue weighted by molar-refractivity contribution is 7.15. The highest BCUT2D eigenvalue weighted by atomic mass is 32.1. The number of thiophene rings is 1. The smallest absolute Gasteiger partial charge is 0.188 e. The average Bonchev–Trinajstić information content (AvgIpc) is 2.78. The molecular formula is C12H12O3S. The number of ether oxygens (including phenoxy) is 1. The summed E-state index contributed by atoms with van der Waals surface area (Å²) >= 11 is 1.37. The summed E-state index contributed by atoms with van der Waals surface area (Å²) in [5, 5.41) is 18.0. The first-order valence-corrected chi connectivity index (χ1v) is 5.62. The molecule has 0 aliphatic rings. The van der Waals surface area contributed by atoms with Gasteiger partial charge in [0.25, 0.3) is 0 Å². The van der Waals surface area contributed by atoms with E-state index in [9.17, 15) is 0 Å². The van der Waals surface area contributed by atoms with Gasteiger partial charge in [0.15, 0.2) is 6.29 Å². The predicted octanol–water partition coefficient (Wildman–Crippen LogP) is 2.41. The molecule has 0 saturated heterocycles. The quantitative estimate of drug-likeness (QED) is 0.805. The van der Waals surface area contributed by atoms with Crippen LogP contribution < -0.4 is 4.74 Å². The minimum Gasteiger partial charge on any atom is -0.497 e. The van der Waals surface area contributed by atoms with Crippen LogP contribution in [-0.2, 0) is 0 Å². The maximum atomic E-state index is 9.01. The molecule has 1 aromatic carbocycles. The fourth-order valence-corrected chi connectivity index (χ4v) is 2.29. The van der Waals surface area contributed by atoms with E-state index in [0.29, 0.717) is 4.88 Å². The van der Waals surface area contributed by atoms with Crippen LogP contribution in [0.3, 0.4) is 0 Å². The van der Waals surface area contributed by atoms with Crippen LogP contribution in [0.15, 0.2) is 36.4 Å². The number of rotatable bonds is 3. The van der Waals surface area contributed by atoms with Crippen molar-refractivity contribution in [2.45, 2.75) is 6.29 Å². The molecule has 0 spiro atoms. The number of hydrogen-bond donors (Lipinski definition) is 2. The largest absolute Gasteiger partial charge is 0.497 e. The molecular weight excluding hydrogens is 224 g/mol. The van der Waals surface area contributed by atoms with E-state index in [2.05, 4.69) is 0 Å². The molecule has 4 heteroatoms. The van der Waals surface area contributed by atoms with Gasteiger partial charge in [-0.05, 0) is 42.0 Å².